The average molecular weight is 255 g/mol. The Kier molecular flexibility index (Phi) is 3.87. The van der Waals surface area contributed by atoms with Crippen LogP contribution in [0.1, 0.15) is 5.56 Å². The van der Waals surface area contributed by atoms with Crippen LogP contribution < -0.4 is 4.74 Å². The first kappa shape index (κ1) is 12.8. The van der Waals surface area contributed by atoms with Gasteiger partial charge in [-0.05, 0) is 24.3 Å². The second kappa shape index (κ2) is 5.77. The van der Waals surface area contributed by atoms with E-state index < -0.39 is 4.92 Å². The van der Waals surface area contributed by atoms with Gasteiger partial charge in [-0.2, -0.15) is 0 Å². The molecule has 0 aromatic heterocycles. The third-order valence-corrected chi connectivity index (χ3v) is 2.44. The lowest BCUT2D eigenvalue weighted by Crippen LogP contribution is -1.89. The van der Waals surface area contributed by atoms with Gasteiger partial charge in [0.15, 0.2) is 0 Å². The van der Waals surface area contributed by atoms with E-state index in [-0.39, 0.29) is 5.69 Å². The fraction of sp³-hybridized carbons (Fsp3) is 0.0714. The van der Waals surface area contributed by atoms with Gasteiger partial charge in [0.1, 0.15) is 5.75 Å². The number of aliphatic imine (C=N–C) groups is 1. The molecule has 0 unspecified atom stereocenters. The molecule has 1 radical (unpaired) electrons. The maximum absolute atomic E-state index is 10.6. The van der Waals surface area contributed by atoms with E-state index in [9.17, 15) is 10.1 Å². The monoisotopic (exact) mass is 255 g/mol. The summed E-state index contributed by atoms with van der Waals surface area (Å²) in [5.74, 6) is 0.745. The van der Waals surface area contributed by atoms with Gasteiger partial charge < -0.3 is 4.74 Å². The first-order valence-electron chi connectivity index (χ1n) is 5.54. The lowest BCUT2D eigenvalue weighted by atomic mass is 10.2. The zero-order chi connectivity index (χ0) is 13.7. The van der Waals surface area contributed by atoms with Crippen LogP contribution in [0.5, 0.6) is 5.75 Å². The Labute approximate surface area is 110 Å². The lowest BCUT2D eigenvalue weighted by molar-refractivity contribution is -0.384. The van der Waals surface area contributed by atoms with E-state index in [1.807, 2.05) is 0 Å². The zero-order valence-electron chi connectivity index (χ0n) is 10.2. The zero-order valence-corrected chi connectivity index (χ0v) is 10.2. The van der Waals surface area contributed by atoms with Crippen molar-refractivity contribution in [2.75, 3.05) is 7.11 Å². The maximum Gasteiger partial charge on any atom is 0.270 e. The summed E-state index contributed by atoms with van der Waals surface area (Å²) in [7, 11) is 1.59. The van der Waals surface area contributed by atoms with Crippen molar-refractivity contribution in [1.82, 2.24) is 0 Å². The summed E-state index contributed by atoms with van der Waals surface area (Å²) in [6.07, 6.45) is 2.77. The van der Waals surface area contributed by atoms with Gasteiger partial charge in [-0.1, -0.05) is 12.1 Å². The lowest BCUT2D eigenvalue weighted by Gasteiger charge is -1.98. The third kappa shape index (κ3) is 3.38. The van der Waals surface area contributed by atoms with Crippen molar-refractivity contribution in [2.24, 2.45) is 4.99 Å². The molecule has 95 valence electrons. The fourth-order valence-corrected chi connectivity index (χ4v) is 1.47. The summed E-state index contributed by atoms with van der Waals surface area (Å²) in [5, 5.41) is 10.6. The predicted molar refractivity (Wildman–Crippen MR) is 72.3 cm³/mol. The first-order valence-corrected chi connectivity index (χ1v) is 5.54. The largest absolute Gasteiger partial charge is 0.497 e. The molecular weight excluding hydrogens is 244 g/mol. The molecule has 0 saturated heterocycles. The smallest absolute Gasteiger partial charge is 0.270 e. The van der Waals surface area contributed by atoms with Crippen molar-refractivity contribution in [1.29, 1.82) is 0 Å². The Hall–Kier alpha value is -2.69. The molecule has 0 heterocycles. The molecule has 0 aliphatic rings. The number of non-ortho nitro benzene ring substituents is 1. The first-order chi connectivity index (χ1) is 9.19. The summed E-state index contributed by atoms with van der Waals surface area (Å²) in [4.78, 5) is 14.3. The molecule has 2 rings (SSSR count). The molecule has 0 saturated carbocycles. The Morgan fingerprint density at radius 3 is 2.58 bits per heavy atom. The van der Waals surface area contributed by atoms with E-state index in [1.165, 1.54) is 12.1 Å². The van der Waals surface area contributed by atoms with Crippen LogP contribution >= 0.6 is 0 Å². The quantitative estimate of drug-likeness (QED) is 0.478. The molecule has 0 amide bonds. The molecule has 2 aromatic carbocycles. The molecule has 2 aromatic rings. The third-order valence-electron chi connectivity index (χ3n) is 2.44. The molecule has 0 aliphatic carbocycles. The van der Waals surface area contributed by atoms with Crippen LogP contribution in [0.15, 0.2) is 53.5 Å². The minimum absolute atomic E-state index is 0.0231. The van der Waals surface area contributed by atoms with Crippen LogP contribution in [-0.2, 0) is 0 Å². The van der Waals surface area contributed by atoms with Crippen molar-refractivity contribution in [2.45, 2.75) is 0 Å². The summed E-state index contributed by atoms with van der Waals surface area (Å²) in [5.41, 5.74) is 1.28. The van der Waals surface area contributed by atoms with Gasteiger partial charge in [0.2, 0.25) is 0 Å². The standard InChI is InChI=1S/C14H11N2O3/c1-19-14-7-5-12(6-8-14)15-10-11-3-2-4-13(9-11)16(17)18/h2-9H,1H3. The number of hydrogen-bond acceptors (Lipinski definition) is 4. The van der Waals surface area contributed by atoms with Gasteiger partial charge in [-0.25, -0.2) is 4.99 Å². The molecule has 5 heteroatoms. The molecule has 0 fully saturated rings. The number of nitrogens with zero attached hydrogens (tertiary/aromatic N) is 2. The van der Waals surface area contributed by atoms with E-state index >= 15 is 0 Å². The summed E-state index contributed by atoms with van der Waals surface area (Å²) in [6.45, 7) is 0. The van der Waals surface area contributed by atoms with Crippen LogP contribution in [0.2, 0.25) is 0 Å². The topological polar surface area (TPSA) is 64.7 Å². The molecule has 0 aliphatic heterocycles. The molecule has 0 atom stereocenters. The molecule has 0 N–H and O–H groups in total. The fourth-order valence-electron chi connectivity index (χ4n) is 1.47. The Morgan fingerprint density at radius 2 is 1.95 bits per heavy atom. The normalized spacial score (nSPS) is 10.6. The Morgan fingerprint density at radius 1 is 1.21 bits per heavy atom. The number of nitro benzene ring substituents is 1. The van der Waals surface area contributed by atoms with E-state index in [4.69, 9.17) is 4.74 Å². The van der Waals surface area contributed by atoms with E-state index in [1.54, 1.807) is 43.5 Å². The van der Waals surface area contributed by atoms with Crippen LogP contribution in [-0.4, -0.2) is 18.2 Å². The van der Waals surface area contributed by atoms with Gasteiger partial charge in [0.25, 0.3) is 5.69 Å². The van der Waals surface area contributed by atoms with Crippen molar-refractivity contribution < 1.29 is 9.66 Å². The van der Waals surface area contributed by atoms with Gasteiger partial charge in [-0.3, -0.25) is 10.1 Å². The number of rotatable bonds is 4. The number of nitro groups is 1. The second-order valence-corrected chi connectivity index (χ2v) is 3.73. The van der Waals surface area contributed by atoms with Crippen molar-refractivity contribution in [3.63, 3.8) is 0 Å². The van der Waals surface area contributed by atoms with Gasteiger partial charge >= 0.3 is 0 Å². The Bertz CT molecular complexity index is 606. The number of benzene rings is 2. The SMILES string of the molecule is COc1ccc(N=[C]c2cccc([N+](=O)[O-])c2)cc1. The Balaban J connectivity index is 2.17. The highest BCUT2D eigenvalue weighted by Crippen LogP contribution is 2.18. The molecular formula is C14H11N2O3. The predicted octanol–water partition coefficient (Wildman–Crippen LogP) is 3.23. The van der Waals surface area contributed by atoms with Crippen molar-refractivity contribution in [3.8, 4) is 5.75 Å². The molecule has 0 spiro atoms. The average Bonchev–Trinajstić information content (AvgIpc) is 2.46. The van der Waals surface area contributed by atoms with Gasteiger partial charge in [-0.15, -0.1) is 0 Å². The van der Waals surface area contributed by atoms with Crippen LogP contribution in [0, 0.1) is 10.1 Å². The second-order valence-electron chi connectivity index (χ2n) is 3.73. The van der Waals surface area contributed by atoms with Crippen LogP contribution in [0.25, 0.3) is 0 Å². The minimum Gasteiger partial charge on any atom is -0.497 e. The summed E-state index contributed by atoms with van der Waals surface area (Å²) >= 11 is 0. The minimum atomic E-state index is -0.446. The number of ether oxygens (including phenoxy) is 1. The molecule has 19 heavy (non-hydrogen) atoms. The molecule has 0 bridgehead atoms. The van der Waals surface area contributed by atoms with Gasteiger partial charge in [0.05, 0.1) is 23.9 Å². The highest BCUT2D eigenvalue weighted by atomic mass is 16.6. The van der Waals surface area contributed by atoms with Crippen LogP contribution in [0.4, 0.5) is 11.4 Å². The summed E-state index contributed by atoms with van der Waals surface area (Å²) in [6, 6.07) is 13.3. The van der Waals surface area contributed by atoms with E-state index in [0.717, 1.165) is 5.75 Å². The van der Waals surface area contributed by atoms with Crippen molar-refractivity contribution in [3.05, 3.63) is 64.2 Å². The van der Waals surface area contributed by atoms with E-state index in [0.29, 0.717) is 11.3 Å². The highest BCUT2D eigenvalue weighted by molar-refractivity contribution is 5.82. The highest BCUT2D eigenvalue weighted by Gasteiger charge is 2.04. The van der Waals surface area contributed by atoms with Crippen molar-refractivity contribution >= 4 is 17.6 Å². The van der Waals surface area contributed by atoms with Gasteiger partial charge in [0, 0.05) is 17.7 Å². The summed E-state index contributed by atoms with van der Waals surface area (Å²) < 4.78 is 5.04. The van der Waals surface area contributed by atoms with Crippen LogP contribution in [0.3, 0.4) is 0 Å². The molecule has 5 nitrogen and oxygen atoms in total. The van der Waals surface area contributed by atoms with E-state index in [2.05, 4.69) is 11.2 Å². The number of methoxy groups -OCH3 is 1. The number of hydrogen-bond donors (Lipinski definition) is 0. The maximum atomic E-state index is 10.6.